The molecule has 0 aliphatic rings. The van der Waals surface area contributed by atoms with E-state index in [0.717, 1.165) is 12.5 Å². The Bertz CT molecular complexity index is 329. The van der Waals surface area contributed by atoms with E-state index in [4.69, 9.17) is 0 Å². The fraction of sp³-hybridized carbons (Fsp3) is 0.625. The van der Waals surface area contributed by atoms with E-state index in [0.29, 0.717) is 6.04 Å². The molecule has 2 heteroatoms. The summed E-state index contributed by atoms with van der Waals surface area (Å²) in [5.41, 5.74) is 2.67. The minimum Gasteiger partial charge on any atom is -0.378 e. The van der Waals surface area contributed by atoms with Crippen molar-refractivity contribution in [3.05, 3.63) is 29.8 Å². The molecule has 0 saturated carbocycles. The summed E-state index contributed by atoms with van der Waals surface area (Å²) in [6.45, 7) is 7.80. The van der Waals surface area contributed by atoms with Crippen molar-refractivity contribution in [1.29, 1.82) is 0 Å². The van der Waals surface area contributed by atoms with Gasteiger partial charge in [0, 0.05) is 25.8 Å². The van der Waals surface area contributed by atoms with Gasteiger partial charge in [0.25, 0.3) is 0 Å². The van der Waals surface area contributed by atoms with Crippen molar-refractivity contribution >= 4 is 5.69 Å². The molecule has 0 aromatic heterocycles. The Morgan fingerprint density at radius 1 is 1.11 bits per heavy atom. The molecule has 0 radical (unpaired) electrons. The zero-order chi connectivity index (χ0) is 13.5. The molecule has 0 aliphatic carbocycles. The van der Waals surface area contributed by atoms with Crippen LogP contribution in [0.5, 0.6) is 0 Å². The fourth-order valence-electron chi connectivity index (χ4n) is 2.16. The zero-order valence-corrected chi connectivity index (χ0v) is 12.5. The zero-order valence-electron chi connectivity index (χ0n) is 12.5. The van der Waals surface area contributed by atoms with E-state index in [1.807, 2.05) is 0 Å². The Hall–Kier alpha value is -1.02. The molecular weight excluding hydrogens is 220 g/mol. The van der Waals surface area contributed by atoms with Crippen LogP contribution in [0.15, 0.2) is 24.3 Å². The van der Waals surface area contributed by atoms with Gasteiger partial charge < -0.3 is 10.2 Å². The highest BCUT2D eigenvalue weighted by atomic mass is 15.1. The van der Waals surface area contributed by atoms with Crippen molar-refractivity contribution in [2.45, 2.75) is 39.7 Å². The van der Waals surface area contributed by atoms with Crippen LogP contribution in [0.4, 0.5) is 5.69 Å². The van der Waals surface area contributed by atoms with Gasteiger partial charge in [-0.25, -0.2) is 0 Å². The van der Waals surface area contributed by atoms with Crippen molar-refractivity contribution in [2.75, 3.05) is 25.5 Å². The fourth-order valence-corrected chi connectivity index (χ4v) is 2.16. The smallest absolute Gasteiger partial charge is 0.0361 e. The summed E-state index contributed by atoms with van der Waals surface area (Å²) in [5, 5.41) is 3.60. The largest absolute Gasteiger partial charge is 0.378 e. The van der Waals surface area contributed by atoms with Gasteiger partial charge in [0.2, 0.25) is 0 Å². The molecule has 2 atom stereocenters. The molecule has 1 aromatic rings. The topological polar surface area (TPSA) is 15.3 Å². The van der Waals surface area contributed by atoms with Crippen molar-refractivity contribution in [3.8, 4) is 0 Å². The highest BCUT2D eigenvalue weighted by Gasteiger charge is 2.13. The lowest BCUT2D eigenvalue weighted by Crippen LogP contribution is -2.23. The molecule has 1 N–H and O–H groups in total. The molecule has 0 bridgehead atoms. The van der Waals surface area contributed by atoms with Crippen molar-refractivity contribution < 1.29 is 0 Å². The van der Waals surface area contributed by atoms with Gasteiger partial charge in [-0.05, 0) is 36.6 Å². The van der Waals surface area contributed by atoms with Crippen molar-refractivity contribution in [3.63, 3.8) is 0 Å². The minimum absolute atomic E-state index is 0.487. The average molecular weight is 248 g/mol. The Morgan fingerprint density at radius 2 is 1.72 bits per heavy atom. The van der Waals surface area contributed by atoms with Gasteiger partial charge >= 0.3 is 0 Å². The Morgan fingerprint density at radius 3 is 2.17 bits per heavy atom. The number of anilines is 1. The molecule has 0 heterocycles. The lowest BCUT2D eigenvalue weighted by Gasteiger charge is -2.22. The van der Waals surface area contributed by atoms with Crippen LogP contribution in [0.1, 0.15) is 45.2 Å². The molecule has 102 valence electrons. The summed E-state index contributed by atoms with van der Waals surface area (Å²) in [7, 11) is 4.16. The molecule has 0 fully saturated rings. The maximum atomic E-state index is 3.60. The molecular formula is C16H28N2. The van der Waals surface area contributed by atoms with Crippen LogP contribution < -0.4 is 10.2 Å². The van der Waals surface area contributed by atoms with E-state index >= 15 is 0 Å². The third kappa shape index (κ3) is 4.34. The minimum atomic E-state index is 0.487. The number of rotatable bonds is 7. The monoisotopic (exact) mass is 248 g/mol. The van der Waals surface area contributed by atoms with Crippen LogP contribution in [0.25, 0.3) is 0 Å². The molecule has 1 aromatic carbocycles. The predicted molar refractivity (Wildman–Crippen MR) is 81.3 cm³/mol. The first-order valence-corrected chi connectivity index (χ1v) is 7.09. The lowest BCUT2D eigenvalue weighted by molar-refractivity contribution is 0.408. The first-order chi connectivity index (χ1) is 8.58. The van der Waals surface area contributed by atoms with E-state index in [1.54, 1.807) is 0 Å². The molecule has 0 spiro atoms. The molecule has 2 unspecified atom stereocenters. The number of hydrogen-bond donors (Lipinski definition) is 1. The number of nitrogens with zero attached hydrogens (tertiary/aromatic N) is 1. The van der Waals surface area contributed by atoms with E-state index in [9.17, 15) is 0 Å². The third-order valence-electron chi connectivity index (χ3n) is 3.60. The Kier molecular flexibility index (Phi) is 6.20. The summed E-state index contributed by atoms with van der Waals surface area (Å²) in [6.07, 6.45) is 2.46. The lowest BCUT2D eigenvalue weighted by atomic mass is 9.94. The van der Waals surface area contributed by atoms with E-state index in [2.05, 4.69) is 69.3 Å². The third-order valence-corrected chi connectivity index (χ3v) is 3.60. The molecule has 0 aliphatic heterocycles. The van der Waals surface area contributed by atoms with E-state index in [-0.39, 0.29) is 0 Å². The Labute approximate surface area is 112 Å². The van der Waals surface area contributed by atoms with Crippen LogP contribution in [0.3, 0.4) is 0 Å². The predicted octanol–water partition coefficient (Wildman–Crippen LogP) is 3.84. The SMILES string of the molecule is CCNC(CC(C)CC)c1ccc(N(C)C)cc1. The van der Waals surface area contributed by atoms with Crippen LogP contribution in [-0.2, 0) is 0 Å². The quantitative estimate of drug-likeness (QED) is 0.788. The van der Waals surface area contributed by atoms with Crippen LogP contribution >= 0.6 is 0 Å². The maximum Gasteiger partial charge on any atom is 0.0361 e. The highest BCUT2D eigenvalue weighted by Crippen LogP contribution is 2.24. The number of nitrogens with one attached hydrogen (secondary N) is 1. The molecule has 0 amide bonds. The number of hydrogen-bond acceptors (Lipinski definition) is 2. The summed E-state index contributed by atoms with van der Waals surface area (Å²) in [4.78, 5) is 2.14. The molecule has 0 saturated heterocycles. The van der Waals surface area contributed by atoms with Crippen molar-refractivity contribution in [2.24, 2.45) is 5.92 Å². The summed E-state index contributed by atoms with van der Waals surface area (Å²) >= 11 is 0. The first kappa shape index (κ1) is 15.0. The van der Waals surface area contributed by atoms with Gasteiger partial charge in [0.05, 0.1) is 0 Å². The standard InChI is InChI=1S/C16H28N2/c1-6-13(3)12-16(17-7-2)14-8-10-15(11-9-14)18(4)5/h8-11,13,16-17H,6-7,12H2,1-5H3. The second kappa shape index (κ2) is 7.42. The number of benzene rings is 1. The summed E-state index contributed by atoms with van der Waals surface area (Å²) in [5.74, 6) is 0.766. The molecule has 1 rings (SSSR count). The normalized spacial score (nSPS) is 14.3. The second-order valence-electron chi connectivity index (χ2n) is 5.35. The van der Waals surface area contributed by atoms with Gasteiger partial charge in [-0.3, -0.25) is 0 Å². The van der Waals surface area contributed by atoms with E-state index in [1.165, 1.54) is 24.1 Å². The average Bonchev–Trinajstić information content (AvgIpc) is 2.38. The maximum absolute atomic E-state index is 3.60. The molecule has 18 heavy (non-hydrogen) atoms. The van der Waals surface area contributed by atoms with Crippen LogP contribution in [0.2, 0.25) is 0 Å². The van der Waals surface area contributed by atoms with Crippen LogP contribution in [-0.4, -0.2) is 20.6 Å². The van der Waals surface area contributed by atoms with Crippen LogP contribution in [0, 0.1) is 5.92 Å². The van der Waals surface area contributed by atoms with Gasteiger partial charge in [-0.2, -0.15) is 0 Å². The first-order valence-electron chi connectivity index (χ1n) is 7.09. The van der Waals surface area contributed by atoms with Gasteiger partial charge in [-0.15, -0.1) is 0 Å². The second-order valence-corrected chi connectivity index (χ2v) is 5.35. The van der Waals surface area contributed by atoms with Gasteiger partial charge in [0.15, 0.2) is 0 Å². The van der Waals surface area contributed by atoms with Crippen molar-refractivity contribution in [1.82, 2.24) is 5.32 Å². The van der Waals surface area contributed by atoms with Gasteiger partial charge in [-0.1, -0.05) is 39.3 Å². The van der Waals surface area contributed by atoms with E-state index < -0.39 is 0 Å². The molecule has 2 nitrogen and oxygen atoms in total. The Balaban J connectivity index is 2.78. The summed E-state index contributed by atoms with van der Waals surface area (Å²) in [6, 6.07) is 9.41. The summed E-state index contributed by atoms with van der Waals surface area (Å²) < 4.78 is 0. The highest BCUT2D eigenvalue weighted by molar-refractivity contribution is 5.46. The van der Waals surface area contributed by atoms with Gasteiger partial charge in [0.1, 0.15) is 0 Å².